The van der Waals surface area contributed by atoms with Crippen molar-refractivity contribution in [3.05, 3.63) is 57.9 Å². The highest BCUT2D eigenvalue weighted by atomic mass is 16.6. The smallest absolute Gasteiger partial charge is 0.337 e. The molecule has 0 spiro atoms. The Balaban J connectivity index is 2.51. The third kappa shape index (κ3) is 2.02. The van der Waals surface area contributed by atoms with Gasteiger partial charge in [0.1, 0.15) is 7.11 Å². The molecule has 112 valence electrons. The van der Waals surface area contributed by atoms with Crippen molar-refractivity contribution < 1.29 is 14.4 Å². The van der Waals surface area contributed by atoms with E-state index in [1.807, 2.05) is 25.1 Å². The summed E-state index contributed by atoms with van der Waals surface area (Å²) in [7, 11) is 2.79. The quantitative estimate of drug-likeness (QED) is 0.538. The number of aryl methyl sites for hydroxylation is 1. The van der Waals surface area contributed by atoms with Crippen molar-refractivity contribution in [2.24, 2.45) is 0 Å². The Bertz CT molecular complexity index is 956. The monoisotopic (exact) mass is 297 g/mol. The molecule has 5 heteroatoms. The number of ether oxygens (including phenoxy) is 1. The Morgan fingerprint density at radius 1 is 1.00 bits per heavy atom. The topological polar surface area (TPSA) is 57.5 Å². The van der Waals surface area contributed by atoms with Gasteiger partial charge in [0.15, 0.2) is 0 Å². The van der Waals surface area contributed by atoms with E-state index >= 15 is 0 Å². The molecule has 0 saturated carbocycles. The van der Waals surface area contributed by atoms with Gasteiger partial charge in [-0.2, -0.15) is 0 Å². The highest BCUT2D eigenvalue weighted by molar-refractivity contribution is 6.08. The lowest BCUT2D eigenvalue weighted by Crippen LogP contribution is -2.25. The zero-order valence-electron chi connectivity index (χ0n) is 12.5. The van der Waals surface area contributed by atoms with Crippen LogP contribution in [0.3, 0.4) is 0 Å². The van der Waals surface area contributed by atoms with Gasteiger partial charge >= 0.3 is 5.97 Å². The Hall–Kier alpha value is -2.82. The molecule has 0 radical (unpaired) electrons. The minimum Gasteiger partial charge on any atom is -0.465 e. The van der Waals surface area contributed by atoms with Crippen LogP contribution in [0.15, 0.2) is 41.2 Å². The predicted molar refractivity (Wildman–Crippen MR) is 84.3 cm³/mol. The van der Waals surface area contributed by atoms with Crippen LogP contribution in [-0.2, 0) is 4.74 Å². The maximum atomic E-state index is 12.6. The zero-order chi connectivity index (χ0) is 15.9. The zero-order valence-corrected chi connectivity index (χ0v) is 12.5. The number of fused-ring (bicyclic) bond motifs is 3. The van der Waals surface area contributed by atoms with Crippen molar-refractivity contribution >= 4 is 27.6 Å². The third-order valence-corrected chi connectivity index (χ3v) is 3.70. The Kier molecular flexibility index (Phi) is 3.33. The molecule has 0 N–H and O–H groups in total. The molecular weight excluding hydrogens is 282 g/mol. The minimum atomic E-state index is -0.432. The molecule has 0 bridgehead atoms. The molecule has 0 aliphatic heterocycles. The fourth-order valence-electron chi connectivity index (χ4n) is 2.64. The predicted octanol–water partition coefficient (Wildman–Crippen LogP) is 2.31. The van der Waals surface area contributed by atoms with Crippen LogP contribution in [0.5, 0.6) is 0 Å². The van der Waals surface area contributed by atoms with E-state index in [9.17, 15) is 9.59 Å². The van der Waals surface area contributed by atoms with Gasteiger partial charge in [-0.15, -0.1) is 4.73 Å². The number of hydrogen-bond donors (Lipinski definition) is 0. The van der Waals surface area contributed by atoms with E-state index in [1.165, 1.54) is 19.0 Å². The van der Waals surface area contributed by atoms with Crippen LogP contribution in [0, 0.1) is 6.92 Å². The molecule has 1 heterocycles. The van der Waals surface area contributed by atoms with Gasteiger partial charge in [0.2, 0.25) is 0 Å². The molecule has 0 unspecified atom stereocenters. The highest BCUT2D eigenvalue weighted by Gasteiger charge is 2.14. The van der Waals surface area contributed by atoms with Gasteiger partial charge in [-0.3, -0.25) is 4.79 Å². The minimum absolute atomic E-state index is 0.257. The molecule has 5 nitrogen and oxygen atoms in total. The van der Waals surface area contributed by atoms with Crippen LogP contribution >= 0.6 is 0 Å². The van der Waals surface area contributed by atoms with Gasteiger partial charge in [0.05, 0.1) is 23.6 Å². The summed E-state index contributed by atoms with van der Waals surface area (Å²) >= 11 is 0. The maximum absolute atomic E-state index is 12.6. The molecule has 1 aromatic heterocycles. The first-order valence-corrected chi connectivity index (χ1v) is 6.78. The van der Waals surface area contributed by atoms with Crippen molar-refractivity contribution in [2.75, 3.05) is 14.2 Å². The number of rotatable bonds is 2. The van der Waals surface area contributed by atoms with E-state index in [1.54, 1.807) is 18.2 Å². The molecule has 22 heavy (non-hydrogen) atoms. The SMILES string of the molecule is COC(=O)c1ccc2c(=O)n(OC)c3cc(C)ccc3c2c1. The lowest BCUT2D eigenvalue weighted by Gasteiger charge is -2.12. The Labute approximate surface area is 126 Å². The molecular formula is C17H15NO4. The van der Waals surface area contributed by atoms with Gasteiger partial charge in [-0.05, 0) is 42.1 Å². The number of carbonyl (C=O) groups excluding carboxylic acids is 1. The first kappa shape index (κ1) is 14.1. The van der Waals surface area contributed by atoms with Gasteiger partial charge in [0, 0.05) is 5.39 Å². The van der Waals surface area contributed by atoms with E-state index in [2.05, 4.69) is 0 Å². The maximum Gasteiger partial charge on any atom is 0.337 e. The fourth-order valence-corrected chi connectivity index (χ4v) is 2.64. The van der Waals surface area contributed by atoms with Crippen molar-refractivity contribution in [1.82, 2.24) is 4.73 Å². The average Bonchev–Trinajstić information content (AvgIpc) is 2.54. The second-order valence-electron chi connectivity index (χ2n) is 5.05. The first-order chi connectivity index (χ1) is 10.6. The summed E-state index contributed by atoms with van der Waals surface area (Å²) in [6.07, 6.45) is 0. The summed E-state index contributed by atoms with van der Waals surface area (Å²) in [5.41, 5.74) is 1.83. The van der Waals surface area contributed by atoms with Gasteiger partial charge < -0.3 is 9.57 Å². The highest BCUT2D eigenvalue weighted by Crippen LogP contribution is 2.24. The van der Waals surface area contributed by atoms with Crippen molar-refractivity contribution in [3.63, 3.8) is 0 Å². The Morgan fingerprint density at radius 3 is 2.41 bits per heavy atom. The Morgan fingerprint density at radius 2 is 1.73 bits per heavy atom. The number of nitrogens with zero attached hydrogens (tertiary/aromatic N) is 1. The van der Waals surface area contributed by atoms with Gasteiger partial charge in [-0.1, -0.05) is 12.1 Å². The third-order valence-electron chi connectivity index (χ3n) is 3.70. The van der Waals surface area contributed by atoms with E-state index in [0.29, 0.717) is 21.9 Å². The van der Waals surface area contributed by atoms with Crippen LogP contribution in [-0.4, -0.2) is 24.9 Å². The van der Waals surface area contributed by atoms with Crippen LogP contribution in [0.4, 0.5) is 0 Å². The molecule has 0 fully saturated rings. The van der Waals surface area contributed by atoms with E-state index in [4.69, 9.17) is 9.57 Å². The molecule has 0 aliphatic rings. The van der Waals surface area contributed by atoms with Gasteiger partial charge in [0.25, 0.3) is 5.56 Å². The summed E-state index contributed by atoms with van der Waals surface area (Å²) in [6, 6.07) is 10.6. The molecule has 0 atom stereocenters. The standard InChI is InChI=1S/C17H15NO4/c1-10-4-6-12-14-9-11(17(20)21-2)5-7-13(14)16(19)18(22-3)15(12)8-10/h4-9H,1-3H3. The molecule has 3 rings (SSSR count). The van der Waals surface area contributed by atoms with Crippen molar-refractivity contribution in [1.29, 1.82) is 0 Å². The normalized spacial score (nSPS) is 10.9. The summed E-state index contributed by atoms with van der Waals surface area (Å²) in [5.74, 6) is -0.432. The number of aromatic nitrogens is 1. The summed E-state index contributed by atoms with van der Waals surface area (Å²) in [5, 5.41) is 2.04. The number of hydrogen-bond acceptors (Lipinski definition) is 4. The second-order valence-corrected chi connectivity index (χ2v) is 5.05. The van der Waals surface area contributed by atoms with Crippen LogP contribution in [0.1, 0.15) is 15.9 Å². The van der Waals surface area contributed by atoms with E-state index in [-0.39, 0.29) is 5.56 Å². The van der Waals surface area contributed by atoms with Crippen LogP contribution in [0.25, 0.3) is 21.7 Å². The number of pyridine rings is 1. The summed E-state index contributed by atoms with van der Waals surface area (Å²) < 4.78 is 6.01. The van der Waals surface area contributed by atoms with Crippen LogP contribution in [0.2, 0.25) is 0 Å². The molecule has 0 saturated heterocycles. The molecule has 2 aromatic carbocycles. The van der Waals surface area contributed by atoms with E-state index in [0.717, 1.165) is 10.9 Å². The van der Waals surface area contributed by atoms with Crippen molar-refractivity contribution in [3.8, 4) is 0 Å². The van der Waals surface area contributed by atoms with Crippen molar-refractivity contribution in [2.45, 2.75) is 6.92 Å². The average molecular weight is 297 g/mol. The largest absolute Gasteiger partial charge is 0.465 e. The number of benzene rings is 2. The number of esters is 1. The van der Waals surface area contributed by atoms with E-state index < -0.39 is 5.97 Å². The van der Waals surface area contributed by atoms with Gasteiger partial charge in [-0.25, -0.2) is 4.79 Å². The summed E-state index contributed by atoms with van der Waals surface area (Å²) in [6.45, 7) is 1.94. The molecule has 3 aromatic rings. The fraction of sp³-hybridized carbons (Fsp3) is 0.176. The molecule has 0 amide bonds. The number of carbonyl (C=O) groups is 1. The molecule has 0 aliphatic carbocycles. The lowest BCUT2D eigenvalue weighted by molar-refractivity contribution is 0.0601. The number of methoxy groups -OCH3 is 1. The lowest BCUT2D eigenvalue weighted by atomic mass is 10.0. The first-order valence-electron chi connectivity index (χ1n) is 6.78. The van der Waals surface area contributed by atoms with Crippen LogP contribution < -0.4 is 10.4 Å². The second kappa shape index (κ2) is 5.18. The summed E-state index contributed by atoms with van der Waals surface area (Å²) in [4.78, 5) is 29.5.